The summed E-state index contributed by atoms with van der Waals surface area (Å²) in [6, 6.07) is 11.4. The quantitative estimate of drug-likeness (QED) is 0.415. The Labute approximate surface area is 229 Å². The Kier molecular flexibility index (Phi) is 8.01. The summed E-state index contributed by atoms with van der Waals surface area (Å²) in [5.74, 6) is -0.772. The molecule has 0 spiro atoms. The predicted octanol–water partition coefficient (Wildman–Crippen LogP) is 3.47. The number of allylic oxidation sites excluding steroid dienone is 1. The van der Waals surface area contributed by atoms with E-state index in [1.54, 1.807) is 69.3 Å². The second-order valence-electron chi connectivity index (χ2n) is 8.52. The molecule has 0 fully saturated rings. The lowest BCUT2D eigenvalue weighted by atomic mass is 9.96. The molecule has 0 bridgehead atoms. The highest BCUT2D eigenvalue weighted by Crippen LogP contribution is 2.31. The number of benzene rings is 2. The lowest BCUT2D eigenvalue weighted by molar-refractivity contribution is -0.143. The lowest BCUT2D eigenvalue weighted by Gasteiger charge is -2.25. The first-order valence-electron chi connectivity index (χ1n) is 11.2. The van der Waals surface area contributed by atoms with Gasteiger partial charge in [-0.15, -0.1) is 0 Å². The molecule has 11 heteroatoms. The molecule has 1 aromatic heterocycles. The number of carbonyl (C=O) groups excluding carboxylic acids is 2. The van der Waals surface area contributed by atoms with Crippen molar-refractivity contribution in [1.82, 2.24) is 4.57 Å². The monoisotopic (exact) mass is 603 g/mol. The summed E-state index contributed by atoms with van der Waals surface area (Å²) in [6.45, 7) is 4.94. The van der Waals surface area contributed by atoms with Crippen LogP contribution in [0.25, 0.3) is 6.08 Å². The fourth-order valence-corrected chi connectivity index (χ4v) is 5.42. The van der Waals surface area contributed by atoms with E-state index in [1.165, 1.54) is 15.9 Å². The van der Waals surface area contributed by atoms with Crippen molar-refractivity contribution >= 4 is 56.8 Å². The topological polar surface area (TPSA) is 113 Å². The molecule has 1 aliphatic rings. The molecule has 0 saturated heterocycles. The minimum absolute atomic E-state index is 0.280. The van der Waals surface area contributed by atoms with Gasteiger partial charge in [-0.1, -0.05) is 51.0 Å². The molecule has 0 aliphatic carbocycles. The fraction of sp³-hybridized carbons (Fsp3) is 0.231. The van der Waals surface area contributed by atoms with Gasteiger partial charge in [-0.3, -0.25) is 14.2 Å². The molecule has 2 N–H and O–H groups in total. The van der Waals surface area contributed by atoms with Crippen LogP contribution in [0.3, 0.4) is 0 Å². The standard InChI is InChI=1S/C26H23BrClN3O5S/c1-13(2)36-25(34)22-14(3)30-26-31(23(22)15-4-7-18(28)8-5-15)24(33)20(37-26)11-16-10-17(27)6-9-19(16)35-12-21(29)32/h4-11,13,23H,12H2,1-3H3,(H2,29,32). The zero-order chi connectivity index (χ0) is 26.9. The van der Waals surface area contributed by atoms with Gasteiger partial charge < -0.3 is 15.2 Å². The summed E-state index contributed by atoms with van der Waals surface area (Å²) >= 11 is 10.7. The van der Waals surface area contributed by atoms with Crippen LogP contribution in [-0.2, 0) is 14.3 Å². The first-order valence-corrected chi connectivity index (χ1v) is 13.2. The third-order valence-corrected chi connectivity index (χ3v) is 7.13. The molecule has 1 aliphatic heterocycles. The number of nitrogens with zero attached hydrogens (tertiary/aromatic N) is 2. The predicted molar refractivity (Wildman–Crippen MR) is 145 cm³/mol. The third kappa shape index (κ3) is 5.87. The number of ether oxygens (including phenoxy) is 2. The number of nitrogens with two attached hydrogens (primary N) is 1. The first kappa shape index (κ1) is 26.8. The molecule has 192 valence electrons. The Morgan fingerprint density at radius 3 is 2.59 bits per heavy atom. The van der Waals surface area contributed by atoms with Gasteiger partial charge in [0.15, 0.2) is 11.4 Å². The average molecular weight is 605 g/mol. The van der Waals surface area contributed by atoms with E-state index >= 15 is 0 Å². The number of fused-ring (bicyclic) bond motifs is 1. The average Bonchev–Trinajstić information content (AvgIpc) is 3.12. The first-order chi connectivity index (χ1) is 17.5. The van der Waals surface area contributed by atoms with Crippen molar-refractivity contribution < 1.29 is 19.1 Å². The van der Waals surface area contributed by atoms with Crippen molar-refractivity contribution in [3.05, 3.63) is 94.0 Å². The van der Waals surface area contributed by atoms with E-state index in [2.05, 4.69) is 20.9 Å². The minimum Gasteiger partial charge on any atom is -0.483 e. The maximum absolute atomic E-state index is 13.8. The van der Waals surface area contributed by atoms with Crippen molar-refractivity contribution in [2.24, 2.45) is 10.7 Å². The third-order valence-electron chi connectivity index (χ3n) is 5.40. The van der Waals surface area contributed by atoms with Gasteiger partial charge in [-0.25, -0.2) is 9.79 Å². The number of rotatable bonds is 7. The van der Waals surface area contributed by atoms with E-state index in [-0.39, 0.29) is 23.8 Å². The van der Waals surface area contributed by atoms with E-state index in [0.29, 0.717) is 36.9 Å². The highest BCUT2D eigenvalue weighted by Gasteiger charge is 2.33. The van der Waals surface area contributed by atoms with Crippen LogP contribution in [0, 0.1) is 0 Å². The number of thiazole rings is 1. The van der Waals surface area contributed by atoms with Gasteiger partial charge in [0.25, 0.3) is 11.5 Å². The Hall–Kier alpha value is -3.21. The maximum atomic E-state index is 13.8. The van der Waals surface area contributed by atoms with Crippen molar-refractivity contribution in [2.75, 3.05) is 6.61 Å². The number of aromatic nitrogens is 1. The van der Waals surface area contributed by atoms with Gasteiger partial charge in [-0.05, 0) is 62.7 Å². The van der Waals surface area contributed by atoms with Crippen molar-refractivity contribution in [3.63, 3.8) is 0 Å². The summed E-state index contributed by atoms with van der Waals surface area (Å²) in [5, 5.41) is 0.529. The molecule has 1 amide bonds. The molecular formula is C26H23BrClN3O5S. The molecule has 0 saturated carbocycles. The minimum atomic E-state index is -0.755. The van der Waals surface area contributed by atoms with Gasteiger partial charge in [-0.2, -0.15) is 0 Å². The zero-order valence-electron chi connectivity index (χ0n) is 20.2. The highest BCUT2D eigenvalue weighted by atomic mass is 79.9. The van der Waals surface area contributed by atoms with Gasteiger partial charge >= 0.3 is 5.97 Å². The number of hydrogen-bond acceptors (Lipinski definition) is 7. The molecular weight excluding hydrogens is 582 g/mol. The second-order valence-corrected chi connectivity index (χ2v) is 10.9. The van der Waals surface area contributed by atoms with Crippen LogP contribution in [0.2, 0.25) is 5.02 Å². The van der Waals surface area contributed by atoms with E-state index in [0.717, 1.165) is 4.47 Å². The largest absolute Gasteiger partial charge is 0.483 e. The van der Waals surface area contributed by atoms with Gasteiger partial charge in [0, 0.05) is 15.1 Å². The number of hydrogen-bond donors (Lipinski definition) is 1. The smallest absolute Gasteiger partial charge is 0.338 e. The van der Waals surface area contributed by atoms with Crippen molar-refractivity contribution in [1.29, 1.82) is 0 Å². The Morgan fingerprint density at radius 2 is 1.95 bits per heavy atom. The summed E-state index contributed by atoms with van der Waals surface area (Å²) in [7, 11) is 0. The van der Waals surface area contributed by atoms with Crippen LogP contribution < -0.4 is 25.4 Å². The van der Waals surface area contributed by atoms with Crippen molar-refractivity contribution in [2.45, 2.75) is 32.9 Å². The number of amides is 1. The van der Waals surface area contributed by atoms with Crippen LogP contribution in [-0.4, -0.2) is 29.2 Å². The Morgan fingerprint density at radius 1 is 1.24 bits per heavy atom. The fourth-order valence-electron chi connectivity index (χ4n) is 3.87. The molecule has 1 unspecified atom stereocenters. The molecule has 0 radical (unpaired) electrons. The summed E-state index contributed by atoms with van der Waals surface area (Å²) in [4.78, 5) is 43.2. The van der Waals surface area contributed by atoms with Crippen LogP contribution in [0.5, 0.6) is 5.75 Å². The zero-order valence-corrected chi connectivity index (χ0v) is 23.3. The molecule has 4 rings (SSSR count). The number of carbonyl (C=O) groups is 2. The van der Waals surface area contributed by atoms with Gasteiger partial charge in [0.1, 0.15) is 5.75 Å². The second kappa shape index (κ2) is 11.0. The van der Waals surface area contributed by atoms with Crippen LogP contribution in [0.4, 0.5) is 0 Å². The molecule has 37 heavy (non-hydrogen) atoms. The molecule has 8 nitrogen and oxygen atoms in total. The van der Waals surface area contributed by atoms with Crippen LogP contribution in [0.1, 0.15) is 37.9 Å². The van der Waals surface area contributed by atoms with Crippen molar-refractivity contribution in [3.8, 4) is 5.75 Å². The van der Waals surface area contributed by atoms with E-state index in [1.807, 2.05) is 0 Å². The van der Waals surface area contributed by atoms with Gasteiger partial charge in [0.2, 0.25) is 0 Å². The number of primary amides is 1. The SMILES string of the molecule is CC1=C(C(=O)OC(C)C)C(c2ccc(Cl)cc2)n2c(sc(=Cc3cc(Br)ccc3OCC(N)=O)c2=O)=N1. The van der Waals surface area contributed by atoms with Crippen LogP contribution in [0.15, 0.2) is 68.0 Å². The number of esters is 1. The molecule has 1 atom stereocenters. The van der Waals surface area contributed by atoms with E-state index in [9.17, 15) is 14.4 Å². The number of halogens is 2. The molecule has 2 heterocycles. The molecule has 2 aromatic carbocycles. The lowest BCUT2D eigenvalue weighted by Crippen LogP contribution is -2.40. The van der Waals surface area contributed by atoms with Gasteiger partial charge in [0.05, 0.1) is 27.9 Å². The Bertz CT molecular complexity index is 1590. The maximum Gasteiger partial charge on any atom is 0.338 e. The molecule has 3 aromatic rings. The normalized spacial score (nSPS) is 15.4. The van der Waals surface area contributed by atoms with E-state index in [4.69, 9.17) is 26.8 Å². The summed E-state index contributed by atoms with van der Waals surface area (Å²) in [6.07, 6.45) is 1.31. The van der Waals surface area contributed by atoms with E-state index < -0.39 is 17.9 Å². The highest BCUT2D eigenvalue weighted by molar-refractivity contribution is 9.10. The Balaban J connectivity index is 1.92. The van der Waals surface area contributed by atoms with Crippen LogP contribution >= 0.6 is 38.9 Å². The summed E-state index contributed by atoms with van der Waals surface area (Å²) in [5.41, 5.74) is 6.89. The summed E-state index contributed by atoms with van der Waals surface area (Å²) < 4.78 is 13.7.